The fourth-order valence-corrected chi connectivity index (χ4v) is 3.03. The van der Waals surface area contributed by atoms with E-state index in [1.807, 2.05) is 0 Å². The minimum absolute atomic E-state index is 0.800. The van der Waals surface area contributed by atoms with E-state index in [1.54, 1.807) is 0 Å². The maximum atomic E-state index is 5.75. The molecular weight excluding hydrogens is 245 g/mol. The number of hydrogen-bond acceptors (Lipinski definition) is 1. The van der Waals surface area contributed by atoms with Gasteiger partial charge in [0.25, 0.3) is 0 Å². The number of rotatable bonds is 8. The van der Waals surface area contributed by atoms with Gasteiger partial charge in [-0.2, -0.15) is 0 Å². The molecule has 0 spiro atoms. The second-order valence-electron chi connectivity index (χ2n) is 3.28. The largest absolute Gasteiger partial charge is 0.341 e. The lowest BCUT2D eigenvalue weighted by Crippen LogP contribution is -2.07. The Bertz CT molecular complexity index is 116. The van der Waals surface area contributed by atoms with Crippen molar-refractivity contribution in [3.63, 3.8) is 0 Å². The maximum absolute atomic E-state index is 5.75. The fraction of sp³-hybridized carbons (Fsp3) is 1.00. The van der Waals surface area contributed by atoms with Crippen LogP contribution in [0.4, 0.5) is 0 Å². The minimum atomic E-state index is -2.34. The van der Waals surface area contributed by atoms with Gasteiger partial charge in [-0.1, -0.05) is 32.1 Å². The van der Waals surface area contributed by atoms with Gasteiger partial charge in [0.2, 0.25) is 0 Å². The summed E-state index contributed by atoms with van der Waals surface area (Å²) >= 11 is 17.2. The van der Waals surface area contributed by atoms with Crippen LogP contribution < -0.4 is 5.73 Å². The van der Waals surface area contributed by atoms with Crippen molar-refractivity contribution in [1.82, 2.24) is 0 Å². The molecule has 80 valence electrons. The van der Waals surface area contributed by atoms with Crippen LogP contribution in [0.2, 0.25) is 6.04 Å². The number of halogens is 3. The molecule has 13 heavy (non-hydrogen) atoms. The van der Waals surface area contributed by atoms with Gasteiger partial charge in [0, 0.05) is 0 Å². The molecule has 0 atom stereocenters. The average Bonchev–Trinajstić information content (AvgIpc) is 2.01. The third kappa shape index (κ3) is 13.0. The Morgan fingerprint density at radius 1 is 0.769 bits per heavy atom. The second kappa shape index (κ2) is 8.36. The molecule has 0 heterocycles. The van der Waals surface area contributed by atoms with Crippen molar-refractivity contribution < 1.29 is 0 Å². The molecule has 0 saturated carbocycles. The van der Waals surface area contributed by atoms with Crippen LogP contribution in [0.1, 0.15) is 38.5 Å². The monoisotopic (exact) mass is 261 g/mol. The highest BCUT2D eigenvalue weighted by Crippen LogP contribution is 2.27. The topological polar surface area (TPSA) is 26.0 Å². The van der Waals surface area contributed by atoms with E-state index in [4.69, 9.17) is 39.0 Å². The summed E-state index contributed by atoms with van der Waals surface area (Å²) in [6, 6.07) is -1.54. The van der Waals surface area contributed by atoms with Gasteiger partial charge in [-0.15, -0.1) is 33.2 Å². The van der Waals surface area contributed by atoms with E-state index in [-0.39, 0.29) is 0 Å². The SMILES string of the molecule is NCCCCCCCC[Si](Cl)(Cl)Cl. The molecule has 0 aromatic carbocycles. The van der Waals surface area contributed by atoms with E-state index >= 15 is 0 Å². The van der Waals surface area contributed by atoms with E-state index in [0.717, 1.165) is 25.4 Å². The first-order valence-electron chi connectivity index (χ1n) is 4.83. The summed E-state index contributed by atoms with van der Waals surface area (Å²) in [5.74, 6) is 0. The Morgan fingerprint density at radius 2 is 1.23 bits per heavy atom. The van der Waals surface area contributed by atoms with Gasteiger partial charge in [0.15, 0.2) is 0 Å². The number of unbranched alkanes of at least 4 members (excludes halogenated alkanes) is 5. The molecule has 5 heteroatoms. The third-order valence-corrected chi connectivity index (χ3v) is 4.54. The van der Waals surface area contributed by atoms with E-state index in [0.29, 0.717) is 0 Å². The molecule has 0 rings (SSSR count). The Balaban J connectivity index is 3.00. The molecule has 0 fully saturated rings. The number of nitrogens with two attached hydrogens (primary N) is 1. The standard InChI is InChI=1S/C8H18Cl3NSi/c9-13(10,11)8-6-4-2-1-3-5-7-12/h1-8,12H2. The van der Waals surface area contributed by atoms with Gasteiger partial charge in [0.1, 0.15) is 0 Å². The van der Waals surface area contributed by atoms with Crippen molar-refractivity contribution in [2.75, 3.05) is 6.54 Å². The molecule has 0 aliphatic carbocycles. The lowest BCUT2D eigenvalue weighted by molar-refractivity contribution is 0.611. The second-order valence-corrected chi connectivity index (χ2v) is 12.6. The summed E-state index contributed by atoms with van der Waals surface area (Å²) in [6.07, 6.45) is 7.13. The maximum Gasteiger partial charge on any atom is 0.341 e. The zero-order valence-electron chi connectivity index (χ0n) is 7.87. The Labute approximate surface area is 96.0 Å². The summed E-state index contributed by atoms with van der Waals surface area (Å²) in [6.45, 7) is 0.807. The molecule has 0 aromatic rings. The fourth-order valence-electron chi connectivity index (χ4n) is 1.18. The Kier molecular flexibility index (Phi) is 9.04. The van der Waals surface area contributed by atoms with Gasteiger partial charge < -0.3 is 5.73 Å². The van der Waals surface area contributed by atoms with Gasteiger partial charge in [0.05, 0.1) is 0 Å². The van der Waals surface area contributed by atoms with Crippen LogP contribution in [0, 0.1) is 0 Å². The molecule has 0 bridgehead atoms. The van der Waals surface area contributed by atoms with Crippen molar-refractivity contribution in [3.05, 3.63) is 0 Å². The normalized spacial score (nSPS) is 12.0. The highest BCUT2D eigenvalue weighted by Gasteiger charge is 2.23. The van der Waals surface area contributed by atoms with Crippen molar-refractivity contribution in [2.45, 2.75) is 44.6 Å². The molecule has 0 unspecified atom stereocenters. The van der Waals surface area contributed by atoms with Gasteiger partial charge in [-0.3, -0.25) is 0 Å². The summed E-state index contributed by atoms with van der Waals surface area (Å²) in [4.78, 5) is 0. The third-order valence-electron chi connectivity index (χ3n) is 1.91. The van der Waals surface area contributed by atoms with E-state index in [2.05, 4.69) is 0 Å². The smallest absolute Gasteiger partial charge is 0.330 e. The Morgan fingerprint density at radius 3 is 1.69 bits per heavy atom. The molecule has 0 radical (unpaired) electrons. The van der Waals surface area contributed by atoms with Crippen molar-refractivity contribution in [3.8, 4) is 0 Å². The Hall–Kier alpha value is 1.05. The van der Waals surface area contributed by atoms with Crippen molar-refractivity contribution >= 4 is 39.2 Å². The van der Waals surface area contributed by atoms with E-state index in [9.17, 15) is 0 Å². The van der Waals surface area contributed by atoms with Gasteiger partial charge >= 0.3 is 6.00 Å². The predicted octanol–water partition coefficient (Wildman–Crippen LogP) is 3.94. The molecule has 1 nitrogen and oxygen atoms in total. The van der Waals surface area contributed by atoms with Crippen molar-refractivity contribution in [2.24, 2.45) is 5.73 Å². The molecule has 0 aliphatic heterocycles. The first-order valence-corrected chi connectivity index (χ1v) is 10.1. The highest BCUT2D eigenvalue weighted by atomic mass is 35.8. The van der Waals surface area contributed by atoms with Crippen LogP contribution in [-0.2, 0) is 0 Å². The van der Waals surface area contributed by atoms with Crippen LogP contribution in [-0.4, -0.2) is 12.5 Å². The molecule has 0 saturated heterocycles. The first-order chi connectivity index (χ1) is 6.06. The minimum Gasteiger partial charge on any atom is -0.330 e. The van der Waals surface area contributed by atoms with Crippen LogP contribution in [0.15, 0.2) is 0 Å². The van der Waals surface area contributed by atoms with Crippen LogP contribution >= 0.6 is 33.2 Å². The van der Waals surface area contributed by atoms with E-state index in [1.165, 1.54) is 25.7 Å². The number of hydrogen-bond donors (Lipinski definition) is 1. The molecule has 0 aromatic heterocycles. The summed E-state index contributed by atoms with van der Waals surface area (Å²) in [5.41, 5.74) is 5.38. The van der Waals surface area contributed by atoms with Gasteiger partial charge in [-0.25, -0.2) is 0 Å². The quantitative estimate of drug-likeness (QED) is 0.400. The molecule has 2 N–H and O–H groups in total. The van der Waals surface area contributed by atoms with Crippen LogP contribution in [0.25, 0.3) is 0 Å². The van der Waals surface area contributed by atoms with Crippen molar-refractivity contribution in [1.29, 1.82) is 0 Å². The summed E-state index contributed by atoms with van der Waals surface area (Å²) in [7, 11) is 0. The average molecular weight is 263 g/mol. The van der Waals surface area contributed by atoms with Gasteiger partial charge in [-0.05, 0) is 19.0 Å². The van der Waals surface area contributed by atoms with E-state index < -0.39 is 6.00 Å². The lowest BCUT2D eigenvalue weighted by Gasteiger charge is -2.06. The van der Waals surface area contributed by atoms with Crippen LogP contribution in [0.5, 0.6) is 0 Å². The summed E-state index contributed by atoms with van der Waals surface area (Å²) in [5, 5.41) is 0. The first kappa shape index (κ1) is 14.0. The molecule has 0 aliphatic rings. The molecular formula is C8H18Cl3NSi. The summed E-state index contributed by atoms with van der Waals surface area (Å²) < 4.78 is 0. The highest BCUT2D eigenvalue weighted by molar-refractivity contribution is 7.64. The predicted molar refractivity (Wildman–Crippen MR) is 64.9 cm³/mol. The molecule has 0 amide bonds. The zero-order chi connectivity index (χ0) is 10.2. The van der Waals surface area contributed by atoms with Crippen LogP contribution in [0.3, 0.4) is 0 Å². The lowest BCUT2D eigenvalue weighted by atomic mass is 10.1. The zero-order valence-corrected chi connectivity index (χ0v) is 11.1.